The molecule has 3 aromatic carbocycles. The molecule has 4 rings (SSSR count). The SMILES string of the molecule is CCOC(=O)C1=CC[C@@H](c2ccccc2)N(S(=O)(=O)c2ccc(C)cc2)[C@H]1c1ccc(C(F)(F)F)cc1. The molecule has 0 spiro atoms. The lowest BCUT2D eigenvalue weighted by molar-refractivity contribution is -0.139. The lowest BCUT2D eigenvalue weighted by Crippen LogP contribution is -2.42. The van der Waals surface area contributed by atoms with Crippen molar-refractivity contribution in [1.82, 2.24) is 4.31 Å². The number of rotatable bonds is 6. The molecular weight excluding hydrogens is 503 g/mol. The number of hydrogen-bond donors (Lipinski definition) is 0. The van der Waals surface area contributed by atoms with Gasteiger partial charge < -0.3 is 4.74 Å². The molecule has 0 bridgehead atoms. The average molecular weight is 530 g/mol. The number of nitrogens with zero attached hydrogens (tertiary/aromatic N) is 1. The van der Waals surface area contributed by atoms with Gasteiger partial charge in [0.1, 0.15) is 0 Å². The maximum atomic E-state index is 14.2. The minimum atomic E-state index is -4.56. The number of benzene rings is 3. The Labute approximate surface area is 214 Å². The highest BCUT2D eigenvalue weighted by molar-refractivity contribution is 7.89. The van der Waals surface area contributed by atoms with Crippen molar-refractivity contribution in [2.75, 3.05) is 6.61 Å². The summed E-state index contributed by atoms with van der Waals surface area (Å²) in [5, 5.41) is 0. The molecule has 1 aliphatic heterocycles. The summed E-state index contributed by atoms with van der Waals surface area (Å²) in [5.41, 5.74) is 0.965. The van der Waals surface area contributed by atoms with Crippen LogP contribution in [0, 0.1) is 6.92 Å². The second-order valence-electron chi connectivity index (χ2n) is 8.71. The largest absolute Gasteiger partial charge is 0.463 e. The standard InChI is InChI=1S/C28H26F3NO4S/c1-3-36-27(33)24-17-18-25(20-7-5-4-6-8-20)32(37(34,35)23-15-9-19(2)10-16-23)26(24)21-11-13-22(14-12-21)28(29,30)31/h4-17,25-26H,3,18H2,1-2H3/t25-,26-/m0/s1. The van der Waals surface area contributed by atoms with Crippen LogP contribution in [0.5, 0.6) is 0 Å². The topological polar surface area (TPSA) is 63.7 Å². The van der Waals surface area contributed by atoms with Gasteiger partial charge in [-0.3, -0.25) is 0 Å². The van der Waals surface area contributed by atoms with Crippen LogP contribution in [-0.4, -0.2) is 25.3 Å². The van der Waals surface area contributed by atoms with Gasteiger partial charge in [0, 0.05) is 0 Å². The summed E-state index contributed by atoms with van der Waals surface area (Å²) in [7, 11) is -4.23. The van der Waals surface area contributed by atoms with Crippen LogP contribution in [0.15, 0.2) is 95.4 Å². The Bertz CT molecular complexity index is 1380. The second-order valence-corrected chi connectivity index (χ2v) is 10.6. The van der Waals surface area contributed by atoms with Crippen LogP contribution in [0.2, 0.25) is 0 Å². The zero-order chi connectivity index (χ0) is 26.8. The van der Waals surface area contributed by atoms with Gasteiger partial charge in [0.2, 0.25) is 10.0 Å². The van der Waals surface area contributed by atoms with Crippen LogP contribution >= 0.6 is 0 Å². The number of carbonyl (C=O) groups is 1. The Morgan fingerprint density at radius 3 is 2.14 bits per heavy atom. The van der Waals surface area contributed by atoms with Gasteiger partial charge in [0.25, 0.3) is 0 Å². The minimum Gasteiger partial charge on any atom is -0.463 e. The summed E-state index contributed by atoms with van der Waals surface area (Å²) < 4.78 is 74.7. The van der Waals surface area contributed by atoms with E-state index in [-0.39, 0.29) is 29.1 Å². The van der Waals surface area contributed by atoms with Gasteiger partial charge in [0.05, 0.1) is 34.7 Å². The first-order chi connectivity index (χ1) is 17.5. The summed E-state index contributed by atoms with van der Waals surface area (Å²) >= 11 is 0. The number of hydrogen-bond acceptors (Lipinski definition) is 4. The fourth-order valence-corrected chi connectivity index (χ4v) is 6.24. The van der Waals surface area contributed by atoms with Crippen LogP contribution in [0.25, 0.3) is 0 Å². The van der Waals surface area contributed by atoms with Gasteiger partial charge in [-0.1, -0.05) is 66.2 Å². The number of aryl methyl sites for hydroxylation is 1. The Hall–Kier alpha value is -3.43. The van der Waals surface area contributed by atoms with E-state index in [4.69, 9.17) is 4.74 Å². The number of ether oxygens (including phenoxy) is 1. The van der Waals surface area contributed by atoms with Crippen molar-refractivity contribution in [3.05, 3.63) is 113 Å². The zero-order valence-electron chi connectivity index (χ0n) is 20.3. The van der Waals surface area contributed by atoms with Crippen LogP contribution in [-0.2, 0) is 25.7 Å². The molecule has 37 heavy (non-hydrogen) atoms. The van der Waals surface area contributed by atoms with Crippen molar-refractivity contribution in [2.45, 2.75) is 43.4 Å². The van der Waals surface area contributed by atoms with Crippen LogP contribution in [0.4, 0.5) is 13.2 Å². The fourth-order valence-electron chi connectivity index (χ4n) is 4.46. The first-order valence-electron chi connectivity index (χ1n) is 11.7. The van der Waals surface area contributed by atoms with Crippen LogP contribution in [0.3, 0.4) is 0 Å². The van der Waals surface area contributed by atoms with Crippen molar-refractivity contribution in [2.24, 2.45) is 0 Å². The third kappa shape index (κ3) is 5.47. The summed E-state index contributed by atoms with van der Waals surface area (Å²) in [6.45, 7) is 3.52. The summed E-state index contributed by atoms with van der Waals surface area (Å²) in [5.74, 6) is -0.719. The molecule has 3 aromatic rings. The number of sulfonamides is 1. The van der Waals surface area contributed by atoms with Crippen LogP contribution in [0.1, 0.15) is 47.7 Å². The predicted octanol–water partition coefficient (Wildman–Crippen LogP) is 6.38. The van der Waals surface area contributed by atoms with E-state index in [0.717, 1.165) is 17.7 Å². The molecular formula is C28H26F3NO4S. The fraction of sp³-hybridized carbons (Fsp3) is 0.250. The first-order valence-corrected chi connectivity index (χ1v) is 13.2. The Morgan fingerprint density at radius 1 is 0.946 bits per heavy atom. The van der Waals surface area contributed by atoms with Crippen molar-refractivity contribution >= 4 is 16.0 Å². The highest BCUT2D eigenvalue weighted by Crippen LogP contribution is 2.46. The van der Waals surface area contributed by atoms with E-state index in [1.807, 2.05) is 6.92 Å². The van der Waals surface area contributed by atoms with E-state index in [1.165, 1.54) is 28.6 Å². The molecule has 9 heteroatoms. The van der Waals surface area contributed by atoms with Gasteiger partial charge in [-0.25, -0.2) is 13.2 Å². The van der Waals surface area contributed by atoms with Gasteiger partial charge in [0.15, 0.2) is 0 Å². The number of alkyl halides is 3. The number of carbonyl (C=O) groups excluding carboxylic acids is 1. The van der Waals surface area contributed by atoms with E-state index in [1.54, 1.807) is 55.5 Å². The van der Waals surface area contributed by atoms with E-state index in [0.29, 0.717) is 5.56 Å². The summed E-state index contributed by atoms with van der Waals surface area (Å²) in [6, 6.07) is 17.5. The molecule has 0 aliphatic carbocycles. The van der Waals surface area contributed by atoms with Gasteiger partial charge in [-0.05, 0) is 55.7 Å². The molecule has 0 saturated carbocycles. The number of esters is 1. The highest BCUT2D eigenvalue weighted by Gasteiger charge is 2.45. The lowest BCUT2D eigenvalue weighted by Gasteiger charge is -2.41. The van der Waals surface area contributed by atoms with Crippen molar-refractivity contribution < 1.29 is 31.1 Å². The second kappa shape index (κ2) is 10.5. The molecule has 0 radical (unpaired) electrons. The molecule has 0 fully saturated rings. The maximum Gasteiger partial charge on any atom is 0.416 e. The van der Waals surface area contributed by atoms with E-state index in [9.17, 15) is 26.4 Å². The van der Waals surface area contributed by atoms with E-state index in [2.05, 4.69) is 0 Å². The zero-order valence-corrected chi connectivity index (χ0v) is 21.1. The smallest absolute Gasteiger partial charge is 0.416 e. The third-order valence-electron chi connectivity index (χ3n) is 6.26. The molecule has 1 heterocycles. The molecule has 0 saturated heterocycles. The lowest BCUT2D eigenvalue weighted by atomic mass is 9.89. The minimum absolute atomic E-state index is 0.0149. The maximum absolute atomic E-state index is 14.2. The molecule has 5 nitrogen and oxygen atoms in total. The molecule has 2 atom stereocenters. The molecule has 0 amide bonds. The Morgan fingerprint density at radius 2 is 1.57 bits per heavy atom. The number of halogens is 3. The normalized spacial score (nSPS) is 18.8. The van der Waals surface area contributed by atoms with E-state index < -0.39 is 39.8 Å². The summed E-state index contributed by atoms with van der Waals surface area (Å²) in [4.78, 5) is 13.0. The molecule has 194 valence electrons. The molecule has 1 aliphatic rings. The quantitative estimate of drug-likeness (QED) is 0.348. The van der Waals surface area contributed by atoms with E-state index >= 15 is 0 Å². The molecule has 0 unspecified atom stereocenters. The average Bonchev–Trinajstić information content (AvgIpc) is 2.88. The Balaban J connectivity index is 1.95. The van der Waals surface area contributed by atoms with Gasteiger partial charge in [-0.2, -0.15) is 17.5 Å². The van der Waals surface area contributed by atoms with Crippen LogP contribution < -0.4 is 0 Å². The summed E-state index contributed by atoms with van der Waals surface area (Å²) in [6.07, 6.45) is -2.76. The third-order valence-corrected chi connectivity index (χ3v) is 8.15. The predicted molar refractivity (Wildman–Crippen MR) is 133 cm³/mol. The van der Waals surface area contributed by atoms with Gasteiger partial charge >= 0.3 is 12.1 Å². The van der Waals surface area contributed by atoms with Crippen molar-refractivity contribution in [1.29, 1.82) is 0 Å². The Kier molecular flexibility index (Phi) is 7.57. The molecule has 0 N–H and O–H groups in total. The molecule has 0 aromatic heterocycles. The van der Waals surface area contributed by atoms with Crippen molar-refractivity contribution in [3.63, 3.8) is 0 Å². The van der Waals surface area contributed by atoms with Crippen molar-refractivity contribution in [3.8, 4) is 0 Å². The monoisotopic (exact) mass is 529 g/mol. The van der Waals surface area contributed by atoms with Gasteiger partial charge in [-0.15, -0.1) is 0 Å². The first kappa shape index (κ1) is 26.6. The highest BCUT2D eigenvalue weighted by atomic mass is 32.2.